The molecule has 0 aliphatic carbocycles. The second-order valence-electron chi connectivity index (χ2n) is 5.45. The normalized spacial score (nSPS) is 13.5. The maximum Gasteiger partial charge on any atom is 0.224 e. The van der Waals surface area contributed by atoms with Crippen LogP contribution in [-0.4, -0.2) is 17.9 Å². The first-order valence-electron chi connectivity index (χ1n) is 7.30. The highest BCUT2D eigenvalue weighted by atomic mass is 35.5. The average Bonchev–Trinajstić information content (AvgIpc) is 2.55. The van der Waals surface area contributed by atoms with Gasteiger partial charge >= 0.3 is 0 Å². The van der Waals surface area contributed by atoms with Gasteiger partial charge in [0.2, 0.25) is 5.91 Å². The molecule has 2 unspecified atom stereocenters. The molecule has 0 fully saturated rings. The monoisotopic (exact) mass is 316 g/mol. The van der Waals surface area contributed by atoms with Gasteiger partial charge in [0.1, 0.15) is 0 Å². The lowest BCUT2D eigenvalue weighted by Gasteiger charge is -2.26. The van der Waals surface area contributed by atoms with Crippen molar-refractivity contribution in [1.29, 1.82) is 0 Å². The first-order chi connectivity index (χ1) is 10.5. The van der Waals surface area contributed by atoms with Crippen LogP contribution in [0.3, 0.4) is 0 Å². The minimum atomic E-state index is -0.284. The molecule has 0 saturated carbocycles. The molecule has 116 valence electrons. The Kier molecular flexibility index (Phi) is 5.58. The predicted molar refractivity (Wildman–Crippen MR) is 90.6 cm³/mol. The molecule has 2 aromatic carbocycles. The molecule has 2 N–H and O–H groups in total. The van der Waals surface area contributed by atoms with E-state index in [1.807, 2.05) is 61.5 Å². The van der Waals surface area contributed by atoms with E-state index in [-0.39, 0.29) is 18.0 Å². The summed E-state index contributed by atoms with van der Waals surface area (Å²) >= 11 is 5.90. The average molecular weight is 317 g/mol. The Morgan fingerprint density at radius 1 is 1.09 bits per heavy atom. The first-order valence-corrected chi connectivity index (χ1v) is 7.68. The molecule has 0 bridgehead atoms. The van der Waals surface area contributed by atoms with E-state index in [2.05, 4.69) is 0 Å². The Labute approximate surface area is 136 Å². The highest BCUT2D eigenvalue weighted by Crippen LogP contribution is 2.23. The van der Waals surface area contributed by atoms with Gasteiger partial charge in [-0.05, 0) is 30.2 Å². The summed E-state index contributed by atoms with van der Waals surface area (Å²) in [6.45, 7) is 2.00. The van der Waals surface area contributed by atoms with E-state index in [1.54, 1.807) is 11.9 Å². The molecule has 2 atom stereocenters. The smallest absolute Gasteiger partial charge is 0.224 e. The van der Waals surface area contributed by atoms with Gasteiger partial charge in [0.05, 0.1) is 6.04 Å². The number of nitrogens with zero attached hydrogens (tertiary/aromatic N) is 1. The highest BCUT2D eigenvalue weighted by Gasteiger charge is 2.20. The van der Waals surface area contributed by atoms with Crippen LogP contribution in [0.25, 0.3) is 0 Å². The standard InChI is InChI=1S/C18H21ClN2O/c1-13(14-8-10-16(19)11-9-14)21(2)18(22)12-17(20)15-6-4-3-5-7-15/h3-11,13,17H,12,20H2,1-2H3. The van der Waals surface area contributed by atoms with Crippen molar-refractivity contribution in [3.63, 3.8) is 0 Å². The lowest BCUT2D eigenvalue weighted by molar-refractivity contribution is -0.132. The molecule has 4 heteroatoms. The maximum atomic E-state index is 12.4. The van der Waals surface area contributed by atoms with E-state index < -0.39 is 0 Å². The largest absolute Gasteiger partial charge is 0.339 e. The van der Waals surface area contributed by atoms with Gasteiger partial charge in [0.25, 0.3) is 0 Å². The Morgan fingerprint density at radius 2 is 1.68 bits per heavy atom. The zero-order chi connectivity index (χ0) is 16.1. The third-order valence-corrected chi connectivity index (χ3v) is 4.20. The Hall–Kier alpha value is -1.84. The summed E-state index contributed by atoms with van der Waals surface area (Å²) in [6, 6.07) is 16.9. The molecule has 2 aromatic rings. The Morgan fingerprint density at radius 3 is 2.27 bits per heavy atom. The Bertz CT molecular complexity index is 613. The van der Waals surface area contributed by atoms with Crippen molar-refractivity contribution in [2.24, 2.45) is 5.73 Å². The first kappa shape index (κ1) is 16.5. The number of nitrogens with two attached hydrogens (primary N) is 1. The summed E-state index contributed by atoms with van der Waals surface area (Å²) in [4.78, 5) is 14.2. The molecule has 1 amide bonds. The predicted octanol–water partition coefficient (Wildman–Crippen LogP) is 3.95. The minimum absolute atomic E-state index is 0.0206. The molecule has 0 heterocycles. The number of rotatable bonds is 5. The van der Waals surface area contributed by atoms with Crippen LogP contribution in [0.15, 0.2) is 54.6 Å². The van der Waals surface area contributed by atoms with E-state index >= 15 is 0 Å². The topological polar surface area (TPSA) is 46.3 Å². The zero-order valence-corrected chi connectivity index (χ0v) is 13.6. The summed E-state index contributed by atoms with van der Waals surface area (Å²) in [5.41, 5.74) is 8.15. The number of benzene rings is 2. The second-order valence-corrected chi connectivity index (χ2v) is 5.89. The van der Waals surface area contributed by atoms with Crippen molar-refractivity contribution in [3.05, 3.63) is 70.7 Å². The van der Waals surface area contributed by atoms with Crippen molar-refractivity contribution in [2.75, 3.05) is 7.05 Å². The van der Waals surface area contributed by atoms with Crippen molar-refractivity contribution in [1.82, 2.24) is 4.90 Å². The number of amides is 1. The van der Waals surface area contributed by atoms with Crippen LogP contribution in [0.1, 0.15) is 36.6 Å². The van der Waals surface area contributed by atoms with Crippen LogP contribution in [-0.2, 0) is 4.79 Å². The van der Waals surface area contributed by atoms with E-state index in [1.165, 1.54) is 0 Å². The maximum absolute atomic E-state index is 12.4. The van der Waals surface area contributed by atoms with Crippen LogP contribution in [0.4, 0.5) is 0 Å². The molecular weight excluding hydrogens is 296 g/mol. The van der Waals surface area contributed by atoms with Crippen LogP contribution < -0.4 is 5.73 Å². The molecule has 0 aliphatic heterocycles. The number of hydrogen-bond donors (Lipinski definition) is 1. The fourth-order valence-corrected chi connectivity index (χ4v) is 2.46. The quantitative estimate of drug-likeness (QED) is 0.908. The van der Waals surface area contributed by atoms with Crippen LogP contribution in [0.2, 0.25) is 5.02 Å². The fourth-order valence-electron chi connectivity index (χ4n) is 2.33. The summed E-state index contributed by atoms with van der Waals surface area (Å²) in [5.74, 6) is 0.0267. The Balaban J connectivity index is 2.01. The number of carbonyl (C=O) groups is 1. The lowest BCUT2D eigenvalue weighted by Crippen LogP contribution is -2.32. The van der Waals surface area contributed by atoms with Crippen LogP contribution in [0, 0.1) is 0 Å². The molecule has 0 aromatic heterocycles. The van der Waals surface area contributed by atoms with Crippen molar-refractivity contribution < 1.29 is 4.79 Å². The van der Waals surface area contributed by atoms with Crippen LogP contribution in [0.5, 0.6) is 0 Å². The highest BCUT2D eigenvalue weighted by molar-refractivity contribution is 6.30. The van der Waals surface area contributed by atoms with Crippen molar-refractivity contribution in [2.45, 2.75) is 25.4 Å². The van der Waals surface area contributed by atoms with E-state index in [4.69, 9.17) is 17.3 Å². The van der Waals surface area contributed by atoms with Gasteiger partial charge in [-0.1, -0.05) is 54.1 Å². The molecule has 0 saturated heterocycles. The molecule has 3 nitrogen and oxygen atoms in total. The molecular formula is C18H21ClN2O. The fraction of sp³-hybridized carbons (Fsp3) is 0.278. The van der Waals surface area contributed by atoms with E-state index in [0.29, 0.717) is 11.4 Å². The molecule has 2 rings (SSSR count). The third kappa shape index (κ3) is 4.09. The third-order valence-electron chi connectivity index (χ3n) is 3.95. The van der Waals surface area contributed by atoms with Crippen LogP contribution >= 0.6 is 11.6 Å². The van der Waals surface area contributed by atoms with E-state index in [9.17, 15) is 4.79 Å². The van der Waals surface area contributed by atoms with Gasteiger partial charge in [0, 0.05) is 24.5 Å². The van der Waals surface area contributed by atoms with Gasteiger partial charge in [-0.3, -0.25) is 4.79 Å². The van der Waals surface area contributed by atoms with E-state index in [0.717, 1.165) is 11.1 Å². The van der Waals surface area contributed by atoms with Gasteiger partial charge in [-0.15, -0.1) is 0 Å². The van der Waals surface area contributed by atoms with Gasteiger partial charge in [0.15, 0.2) is 0 Å². The lowest BCUT2D eigenvalue weighted by atomic mass is 10.0. The summed E-state index contributed by atoms with van der Waals surface area (Å²) in [5, 5.41) is 0.691. The summed E-state index contributed by atoms with van der Waals surface area (Å²) < 4.78 is 0. The summed E-state index contributed by atoms with van der Waals surface area (Å²) in [7, 11) is 1.80. The molecule has 0 radical (unpaired) electrons. The van der Waals surface area contributed by atoms with Gasteiger partial charge in [-0.25, -0.2) is 0 Å². The number of hydrogen-bond acceptors (Lipinski definition) is 2. The SMILES string of the molecule is CC(c1ccc(Cl)cc1)N(C)C(=O)CC(N)c1ccccc1. The minimum Gasteiger partial charge on any atom is -0.339 e. The van der Waals surface area contributed by atoms with Gasteiger partial charge < -0.3 is 10.6 Å². The number of carbonyl (C=O) groups excluding carboxylic acids is 1. The molecule has 0 spiro atoms. The van der Waals surface area contributed by atoms with Gasteiger partial charge in [-0.2, -0.15) is 0 Å². The summed E-state index contributed by atoms with van der Waals surface area (Å²) in [6.07, 6.45) is 0.290. The zero-order valence-electron chi connectivity index (χ0n) is 12.9. The molecule has 0 aliphatic rings. The van der Waals surface area contributed by atoms with Crippen molar-refractivity contribution >= 4 is 17.5 Å². The second kappa shape index (κ2) is 7.43. The molecule has 22 heavy (non-hydrogen) atoms. The van der Waals surface area contributed by atoms with Crippen molar-refractivity contribution in [3.8, 4) is 0 Å². The number of halogens is 1.